The fourth-order valence-electron chi connectivity index (χ4n) is 3.65. The zero-order chi connectivity index (χ0) is 20.1. The first-order valence-electron chi connectivity index (χ1n) is 10.4. The monoisotopic (exact) mass is 407 g/mol. The summed E-state index contributed by atoms with van der Waals surface area (Å²) >= 11 is 1.68. The SMILES string of the molecule is CC(C)OCCCn1cnc2sc3c(c2c1=O)CCC(NCCOC(C)C)C3. The molecule has 0 aromatic carbocycles. The summed E-state index contributed by atoms with van der Waals surface area (Å²) in [5, 5.41) is 4.44. The average Bonchev–Trinajstić information content (AvgIpc) is 3.02. The van der Waals surface area contributed by atoms with Crippen LogP contribution in [0.2, 0.25) is 0 Å². The molecule has 6 nitrogen and oxygen atoms in total. The van der Waals surface area contributed by atoms with Gasteiger partial charge in [-0.15, -0.1) is 11.3 Å². The van der Waals surface area contributed by atoms with Gasteiger partial charge < -0.3 is 14.8 Å². The van der Waals surface area contributed by atoms with Crippen molar-refractivity contribution in [3.05, 3.63) is 27.1 Å². The molecule has 1 atom stereocenters. The van der Waals surface area contributed by atoms with Crippen LogP contribution in [0, 0.1) is 0 Å². The lowest BCUT2D eigenvalue weighted by Gasteiger charge is -2.23. The van der Waals surface area contributed by atoms with E-state index in [0.717, 1.165) is 49.1 Å². The van der Waals surface area contributed by atoms with Gasteiger partial charge in [-0.2, -0.15) is 0 Å². The van der Waals surface area contributed by atoms with Crippen molar-refractivity contribution in [3.63, 3.8) is 0 Å². The molecule has 0 spiro atoms. The Labute approximate surface area is 171 Å². The first-order chi connectivity index (χ1) is 13.5. The molecule has 28 heavy (non-hydrogen) atoms. The Kier molecular flexibility index (Phi) is 7.62. The minimum absolute atomic E-state index is 0.101. The second-order valence-corrected chi connectivity index (χ2v) is 9.10. The predicted molar refractivity (Wildman–Crippen MR) is 114 cm³/mol. The maximum atomic E-state index is 13.0. The van der Waals surface area contributed by atoms with Crippen LogP contribution in [-0.2, 0) is 28.9 Å². The number of nitrogens with one attached hydrogen (secondary N) is 1. The molecule has 7 heteroatoms. The zero-order valence-corrected chi connectivity index (χ0v) is 18.3. The number of aryl methyl sites for hydroxylation is 2. The zero-order valence-electron chi connectivity index (χ0n) is 17.5. The fraction of sp³-hybridized carbons (Fsp3) is 0.714. The van der Waals surface area contributed by atoms with Gasteiger partial charge in [-0.25, -0.2) is 4.98 Å². The van der Waals surface area contributed by atoms with Crippen LogP contribution in [0.5, 0.6) is 0 Å². The molecule has 2 aromatic heterocycles. The minimum atomic E-state index is 0.101. The molecular formula is C21H33N3O3S. The lowest BCUT2D eigenvalue weighted by atomic mass is 9.93. The molecule has 0 saturated heterocycles. The maximum Gasteiger partial charge on any atom is 0.262 e. The standard InChI is InChI=1S/C21H33N3O3S/c1-14(2)26-10-5-9-24-13-23-20-19(21(24)25)17-7-6-16(12-18(17)28-20)22-8-11-27-15(3)4/h13-16,22H,5-12H2,1-4H3. The third-order valence-corrected chi connectivity index (χ3v) is 6.18. The summed E-state index contributed by atoms with van der Waals surface area (Å²) in [6, 6.07) is 0.451. The highest BCUT2D eigenvalue weighted by Crippen LogP contribution is 2.33. The third-order valence-electron chi connectivity index (χ3n) is 5.02. The molecule has 0 bridgehead atoms. The van der Waals surface area contributed by atoms with Crippen LogP contribution in [0.4, 0.5) is 0 Å². The molecule has 0 fully saturated rings. The average molecular weight is 408 g/mol. The number of nitrogens with zero attached hydrogens (tertiary/aromatic N) is 2. The van der Waals surface area contributed by atoms with Crippen molar-refractivity contribution in [3.8, 4) is 0 Å². The van der Waals surface area contributed by atoms with Gasteiger partial charge in [0.25, 0.3) is 5.56 Å². The van der Waals surface area contributed by atoms with Gasteiger partial charge in [0.05, 0.1) is 30.5 Å². The molecule has 0 amide bonds. The number of fused-ring (bicyclic) bond motifs is 3. The van der Waals surface area contributed by atoms with E-state index >= 15 is 0 Å². The quantitative estimate of drug-likeness (QED) is 0.613. The van der Waals surface area contributed by atoms with Crippen molar-refractivity contribution in [2.24, 2.45) is 0 Å². The van der Waals surface area contributed by atoms with Crippen molar-refractivity contribution < 1.29 is 9.47 Å². The first kappa shape index (κ1) is 21.4. The van der Waals surface area contributed by atoms with Crippen molar-refractivity contribution in [1.29, 1.82) is 0 Å². The molecule has 2 heterocycles. The van der Waals surface area contributed by atoms with Gasteiger partial charge in [0.1, 0.15) is 4.83 Å². The van der Waals surface area contributed by atoms with Crippen LogP contribution >= 0.6 is 11.3 Å². The molecule has 0 saturated carbocycles. The molecule has 3 rings (SSSR count). The molecule has 0 aliphatic heterocycles. The molecule has 0 radical (unpaired) electrons. The number of ether oxygens (including phenoxy) is 2. The number of hydrogen-bond acceptors (Lipinski definition) is 6. The number of hydrogen-bond donors (Lipinski definition) is 1. The van der Waals surface area contributed by atoms with E-state index in [1.54, 1.807) is 22.2 Å². The van der Waals surface area contributed by atoms with E-state index in [2.05, 4.69) is 24.1 Å². The van der Waals surface area contributed by atoms with Crippen molar-refractivity contribution >= 4 is 21.6 Å². The Morgan fingerprint density at radius 1 is 1.25 bits per heavy atom. The Hall–Kier alpha value is -1.28. The van der Waals surface area contributed by atoms with Gasteiger partial charge in [0.2, 0.25) is 0 Å². The fourth-order valence-corrected chi connectivity index (χ4v) is 4.90. The van der Waals surface area contributed by atoms with Crippen LogP contribution < -0.4 is 10.9 Å². The van der Waals surface area contributed by atoms with E-state index in [1.165, 1.54) is 10.4 Å². The molecule has 1 aliphatic carbocycles. The third kappa shape index (κ3) is 5.41. The van der Waals surface area contributed by atoms with Crippen molar-refractivity contribution in [2.75, 3.05) is 19.8 Å². The van der Waals surface area contributed by atoms with Gasteiger partial charge in [0.15, 0.2) is 0 Å². The van der Waals surface area contributed by atoms with Crippen LogP contribution in [0.25, 0.3) is 10.2 Å². The summed E-state index contributed by atoms with van der Waals surface area (Å²) in [5.74, 6) is 0. The summed E-state index contributed by atoms with van der Waals surface area (Å²) in [5.41, 5.74) is 1.32. The van der Waals surface area contributed by atoms with Gasteiger partial charge in [-0.3, -0.25) is 9.36 Å². The lowest BCUT2D eigenvalue weighted by molar-refractivity contribution is 0.0747. The van der Waals surface area contributed by atoms with Crippen LogP contribution in [0.15, 0.2) is 11.1 Å². The van der Waals surface area contributed by atoms with Crippen molar-refractivity contribution in [1.82, 2.24) is 14.9 Å². The molecule has 1 aliphatic rings. The molecule has 2 aromatic rings. The number of rotatable bonds is 10. The molecule has 156 valence electrons. The second kappa shape index (κ2) is 9.96. The smallest absolute Gasteiger partial charge is 0.262 e. The van der Waals surface area contributed by atoms with E-state index in [9.17, 15) is 4.79 Å². The number of thiophene rings is 1. The summed E-state index contributed by atoms with van der Waals surface area (Å²) < 4.78 is 12.9. The summed E-state index contributed by atoms with van der Waals surface area (Å²) in [6.07, 6.45) is 5.97. The molecular weight excluding hydrogens is 374 g/mol. The van der Waals surface area contributed by atoms with Crippen LogP contribution in [-0.4, -0.2) is 47.6 Å². The highest BCUT2D eigenvalue weighted by atomic mass is 32.1. The maximum absolute atomic E-state index is 13.0. The summed E-state index contributed by atoms with van der Waals surface area (Å²) in [4.78, 5) is 19.8. The summed E-state index contributed by atoms with van der Waals surface area (Å²) in [6.45, 7) is 11.1. The van der Waals surface area contributed by atoms with Crippen molar-refractivity contribution in [2.45, 2.75) is 78.2 Å². The Bertz CT molecular complexity index is 828. The van der Waals surface area contributed by atoms with Crippen LogP contribution in [0.3, 0.4) is 0 Å². The normalized spacial score (nSPS) is 17.0. The van der Waals surface area contributed by atoms with E-state index in [4.69, 9.17) is 9.47 Å². The minimum Gasteiger partial charge on any atom is -0.379 e. The Morgan fingerprint density at radius 2 is 2.00 bits per heavy atom. The Morgan fingerprint density at radius 3 is 2.75 bits per heavy atom. The van der Waals surface area contributed by atoms with Crippen LogP contribution in [0.1, 0.15) is 51.0 Å². The molecule has 1 unspecified atom stereocenters. The van der Waals surface area contributed by atoms with Gasteiger partial charge in [-0.1, -0.05) is 0 Å². The molecule has 1 N–H and O–H groups in total. The highest BCUT2D eigenvalue weighted by Gasteiger charge is 2.25. The first-order valence-corrected chi connectivity index (χ1v) is 11.2. The summed E-state index contributed by atoms with van der Waals surface area (Å²) in [7, 11) is 0. The van der Waals surface area contributed by atoms with Gasteiger partial charge in [0, 0.05) is 30.6 Å². The largest absolute Gasteiger partial charge is 0.379 e. The lowest BCUT2D eigenvalue weighted by Crippen LogP contribution is -2.36. The van der Waals surface area contributed by atoms with E-state index in [1.807, 2.05) is 13.8 Å². The van der Waals surface area contributed by atoms with E-state index in [-0.39, 0.29) is 17.8 Å². The van der Waals surface area contributed by atoms with E-state index < -0.39 is 0 Å². The Balaban J connectivity index is 1.65. The van der Waals surface area contributed by atoms with Gasteiger partial charge in [-0.05, 0) is 58.9 Å². The highest BCUT2D eigenvalue weighted by molar-refractivity contribution is 7.18. The topological polar surface area (TPSA) is 65.4 Å². The van der Waals surface area contributed by atoms with E-state index in [0.29, 0.717) is 19.2 Å². The number of aromatic nitrogens is 2. The second-order valence-electron chi connectivity index (χ2n) is 8.01. The van der Waals surface area contributed by atoms with Gasteiger partial charge >= 0.3 is 0 Å². The predicted octanol–water partition coefficient (Wildman–Crippen LogP) is 3.15.